The van der Waals surface area contributed by atoms with E-state index >= 15 is 0 Å². The maximum absolute atomic E-state index is 12.3. The van der Waals surface area contributed by atoms with Crippen molar-refractivity contribution in [3.05, 3.63) is 42.2 Å². The predicted molar refractivity (Wildman–Crippen MR) is 85.1 cm³/mol. The minimum Gasteiger partial charge on any atom is -0.465 e. The Bertz CT molecular complexity index is 684. The molecular formula is C15H17N3O3S. The number of ether oxygens (including phenoxy) is 1. The van der Waals surface area contributed by atoms with Gasteiger partial charge >= 0.3 is 5.97 Å². The summed E-state index contributed by atoms with van der Waals surface area (Å²) in [4.78, 5) is 29.7. The van der Waals surface area contributed by atoms with Crippen LogP contribution in [0.15, 0.2) is 41.8 Å². The summed E-state index contributed by atoms with van der Waals surface area (Å²) in [5, 5.41) is 0.767. The Labute approximate surface area is 133 Å². The van der Waals surface area contributed by atoms with Gasteiger partial charge in [-0.25, -0.2) is 9.78 Å². The van der Waals surface area contributed by atoms with Gasteiger partial charge < -0.3 is 14.2 Å². The lowest BCUT2D eigenvalue weighted by molar-refractivity contribution is -0.115. The van der Waals surface area contributed by atoms with Crippen LogP contribution in [-0.4, -0.2) is 41.3 Å². The van der Waals surface area contributed by atoms with E-state index in [1.807, 2.05) is 17.8 Å². The fourth-order valence-corrected chi connectivity index (χ4v) is 2.74. The van der Waals surface area contributed by atoms with Crippen LogP contribution in [0.5, 0.6) is 0 Å². The molecule has 0 saturated carbocycles. The van der Waals surface area contributed by atoms with Gasteiger partial charge in [0, 0.05) is 26.5 Å². The molecule has 1 aromatic carbocycles. The standard InChI is InChI=1S/C15H17N3O3S/c1-17-9-8-16-15(17)22-10-13(19)18(2)12-7-5-4-6-11(12)14(20)21-3/h4-9H,10H2,1-3H3. The Morgan fingerprint density at radius 3 is 2.73 bits per heavy atom. The lowest BCUT2D eigenvalue weighted by atomic mass is 10.1. The van der Waals surface area contributed by atoms with Crippen molar-refractivity contribution in [2.75, 3.05) is 24.8 Å². The highest BCUT2D eigenvalue weighted by Gasteiger charge is 2.19. The van der Waals surface area contributed by atoms with Crippen LogP contribution in [0, 0.1) is 0 Å². The SMILES string of the molecule is COC(=O)c1ccccc1N(C)C(=O)CSc1nccn1C. The van der Waals surface area contributed by atoms with Crippen molar-refractivity contribution in [1.29, 1.82) is 0 Å². The van der Waals surface area contributed by atoms with E-state index in [1.54, 1.807) is 37.5 Å². The number of aromatic nitrogens is 2. The second-order valence-electron chi connectivity index (χ2n) is 4.57. The number of thioether (sulfide) groups is 1. The number of esters is 1. The number of hydrogen-bond donors (Lipinski definition) is 0. The molecule has 1 aromatic heterocycles. The number of rotatable bonds is 5. The third kappa shape index (κ3) is 3.48. The molecule has 2 rings (SSSR count). The maximum Gasteiger partial charge on any atom is 0.339 e. The van der Waals surface area contributed by atoms with Crippen LogP contribution >= 0.6 is 11.8 Å². The number of benzene rings is 1. The number of anilines is 1. The highest BCUT2D eigenvalue weighted by atomic mass is 32.2. The summed E-state index contributed by atoms with van der Waals surface area (Å²) in [6.45, 7) is 0. The molecule has 0 aliphatic carbocycles. The summed E-state index contributed by atoms with van der Waals surface area (Å²) in [5.74, 6) is -0.354. The van der Waals surface area contributed by atoms with E-state index in [1.165, 1.54) is 23.8 Å². The molecule has 6 nitrogen and oxygen atoms in total. The number of imidazole rings is 1. The molecule has 0 bridgehead atoms. The van der Waals surface area contributed by atoms with E-state index in [2.05, 4.69) is 4.98 Å². The minimum atomic E-state index is -0.466. The Balaban J connectivity index is 2.11. The summed E-state index contributed by atoms with van der Waals surface area (Å²) in [6, 6.07) is 6.86. The third-order valence-corrected chi connectivity index (χ3v) is 4.19. The summed E-state index contributed by atoms with van der Waals surface area (Å²) >= 11 is 1.35. The van der Waals surface area contributed by atoms with Crippen molar-refractivity contribution >= 4 is 29.3 Å². The van der Waals surface area contributed by atoms with Crippen molar-refractivity contribution < 1.29 is 14.3 Å². The topological polar surface area (TPSA) is 64.4 Å². The lowest BCUT2D eigenvalue weighted by Gasteiger charge is -2.19. The van der Waals surface area contributed by atoms with Gasteiger partial charge in [0.2, 0.25) is 5.91 Å². The van der Waals surface area contributed by atoms with Crippen molar-refractivity contribution in [1.82, 2.24) is 9.55 Å². The fraction of sp³-hybridized carbons (Fsp3) is 0.267. The first-order valence-corrected chi connectivity index (χ1v) is 7.57. The molecule has 0 atom stereocenters. The molecule has 116 valence electrons. The van der Waals surface area contributed by atoms with Crippen LogP contribution in [0.1, 0.15) is 10.4 Å². The number of nitrogens with zero attached hydrogens (tertiary/aromatic N) is 3. The number of methoxy groups -OCH3 is 1. The van der Waals surface area contributed by atoms with E-state index in [0.717, 1.165) is 5.16 Å². The summed E-state index contributed by atoms with van der Waals surface area (Å²) in [5.41, 5.74) is 0.891. The minimum absolute atomic E-state index is 0.121. The van der Waals surface area contributed by atoms with Gasteiger partial charge in [-0.05, 0) is 12.1 Å². The van der Waals surface area contributed by atoms with Gasteiger partial charge in [0.1, 0.15) is 0 Å². The number of aryl methyl sites for hydroxylation is 1. The van der Waals surface area contributed by atoms with Gasteiger partial charge in [-0.15, -0.1) is 0 Å². The van der Waals surface area contributed by atoms with Gasteiger partial charge in [0.05, 0.1) is 24.1 Å². The van der Waals surface area contributed by atoms with E-state index in [9.17, 15) is 9.59 Å². The van der Waals surface area contributed by atoms with Crippen LogP contribution in [0.4, 0.5) is 5.69 Å². The van der Waals surface area contributed by atoms with Crippen molar-refractivity contribution in [2.45, 2.75) is 5.16 Å². The largest absolute Gasteiger partial charge is 0.465 e. The molecule has 0 spiro atoms. The number of carbonyl (C=O) groups excluding carboxylic acids is 2. The van der Waals surface area contributed by atoms with E-state index in [-0.39, 0.29) is 11.7 Å². The highest BCUT2D eigenvalue weighted by Crippen LogP contribution is 2.22. The Hall–Kier alpha value is -2.28. The molecule has 0 radical (unpaired) electrons. The average molecular weight is 319 g/mol. The first-order chi connectivity index (χ1) is 10.5. The summed E-state index contributed by atoms with van der Waals surface area (Å²) in [7, 11) is 4.83. The summed E-state index contributed by atoms with van der Waals surface area (Å²) in [6.07, 6.45) is 3.51. The van der Waals surface area contributed by atoms with E-state index in [0.29, 0.717) is 11.3 Å². The van der Waals surface area contributed by atoms with Gasteiger partial charge in [0.15, 0.2) is 5.16 Å². The molecule has 1 amide bonds. The second kappa shape index (κ2) is 7.13. The van der Waals surface area contributed by atoms with Gasteiger partial charge in [0.25, 0.3) is 0 Å². The fourth-order valence-electron chi connectivity index (χ4n) is 1.90. The molecule has 0 saturated heterocycles. The van der Waals surface area contributed by atoms with E-state index in [4.69, 9.17) is 4.74 Å². The molecule has 0 N–H and O–H groups in total. The average Bonchev–Trinajstić information content (AvgIpc) is 2.96. The first kappa shape index (κ1) is 16.1. The number of carbonyl (C=O) groups is 2. The molecule has 0 unspecified atom stereocenters. The number of amides is 1. The highest BCUT2D eigenvalue weighted by molar-refractivity contribution is 7.99. The molecule has 0 aliphatic heterocycles. The van der Waals surface area contributed by atoms with Crippen molar-refractivity contribution in [3.8, 4) is 0 Å². The first-order valence-electron chi connectivity index (χ1n) is 6.58. The Morgan fingerprint density at radius 1 is 1.36 bits per heavy atom. The van der Waals surface area contributed by atoms with Crippen LogP contribution < -0.4 is 4.90 Å². The van der Waals surface area contributed by atoms with Crippen LogP contribution in [-0.2, 0) is 16.6 Å². The van der Waals surface area contributed by atoms with Crippen LogP contribution in [0.25, 0.3) is 0 Å². The Morgan fingerprint density at radius 2 is 2.09 bits per heavy atom. The van der Waals surface area contributed by atoms with Gasteiger partial charge in [-0.1, -0.05) is 23.9 Å². The van der Waals surface area contributed by atoms with Crippen molar-refractivity contribution in [2.24, 2.45) is 7.05 Å². The van der Waals surface area contributed by atoms with Gasteiger partial charge in [-0.3, -0.25) is 4.79 Å². The monoisotopic (exact) mass is 319 g/mol. The zero-order valence-electron chi connectivity index (χ0n) is 12.6. The van der Waals surface area contributed by atoms with Crippen molar-refractivity contribution in [3.63, 3.8) is 0 Å². The zero-order valence-corrected chi connectivity index (χ0v) is 13.5. The third-order valence-electron chi connectivity index (χ3n) is 3.15. The second-order valence-corrected chi connectivity index (χ2v) is 5.51. The maximum atomic E-state index is 12.3. The predicted octanol–water partition coefficient (Wildman–Crippen LogP) is 1.96. The molecule has 2 aromatic rings. The Kier molecular flexibility index (Phi) is 5.21. The van der Waals surface area contributed by atoms with Crippen LogP contribution in [0.3, 0.4) is 0 Å². The molecule has 22 heavy (non-hydrogen) atoms. The normalized spacial score (nSPS) is 10.3. The molecular weight excluding hydrogens is 302 g/mol. The van der Waals surface area contributed by atoms with Crippen LogP contribution in [0.2, 0.25) is 0 Å². The molecule has 7 heteroatoms. The number of hydrogen-bond acceptors (Lipinski definition) is 5. The molecule has 0 fully saturated rings. The summed E-state index contributed by atoms with van der Waals surface area (Å²) < 4.78 is 6.59. The lowest BCUT2D eigenvalue weighted by Crippen LogP contribution is -2.29. The number of para-hydroxylation sites is 1. The quantitative estimate of drug-likeness (QED) is 0.623. The molecule has 1 heterocycles. The van der Waals surface area contributed by atoms with Gasteiger partial charge in [-0.2, -0.15) is 0 Å². The molecule has 0 aliphatic rings. The smallest absolute Gasteiger partial charge is 0.339 e. The zero-order chi connectivity index (χ0) is 16.1. The van der Waals surface area contributed by atoms with E-state index < -0.39 is 5.97 Å².